The second-order valence-electron chi connectivity index (χ2n) is 23.3. The monoisotopic (exact) mass is 1200 g/mol. The van der Waals surface area contributed by atoms with Crippen LogP contribution in [0.2, 0.25) is 0 Å². The summed E-state index contributed by atoms with van der Waals surface area (Å²) in [6.07, 6.45) is -4.95. The van der Waals surface area contributed by atoms with Gasteiger partial charge in [-0.3, -0.25) is 43.2 Å². The van der Waals surface area contributed by atoms with Crippen molar-refractivity contribution >= 4 is 76.9 Å². The molecule has 8 atom stereocenters. The number of primary amides is 1. The van der Waals surface area contributed by atoms with Crippen molar-refractivity contribution in [1.82, 2.24) is 46.8 Å². The number of nitrogens with one attached hydrogen (secondary N) is 7. The highest BCUT2D eigenvalue weighted by molar-refractivity contribution is 6.60. The number of nitrogens with zero attached hydrogens (tertiary/aromatic N) is 2. The molecule has 0 saturated carbocycles. The molecule has 86 heavy (non-hydrogen) atoms. The van der Waals surface area contributed by atoms with E-state index >= 15 is 4.39 Å². The molecule has 0 spiro atoms. The zero-order valence-corrected chi connectivity index (χ0v) is 50.2. The number of hydrogen-bond donors (Lipinski definition) is 11. The summed E-state index contributed by atoms with van der Waals surface area (Å²) in [4.78, 5) is 136. The summed E-state index contributed by atoms with van der Waals surface area (Å²) in [6, 6.07) is 0.839. The summed E-state index contributed by atoms with van der Waals surface area (Å²) < 4.78 is 33.8. The SMILES string of the molecule is CCC(=O)NCCC(=O)N[C@@H](CCC(=O)NC[C@H]1O[C@@H](CC(N)=O)[C@H](O)[C@@H]1O)C(=O)N[C@H](C(=O)N[C@@H](C)C(=O)NCOCC(C)(C)C(=O)N[C@@H]1Bc2c3c(nc4cc(F)c(C)c(c24)CC1)-c1ccc(COC(=O)C(O)(CC)CC)c(=O)n1C3)C(C)C. The molecule has 2 aromatic heterocycles. The first-order valence-electron chi connectivity index (χ1n) is 29.2. The van der Waals surface area contributed by atoms with E-state index in [0.29, 0.717) is 42.6 Å². The molecule has 470 valence electrons. The van der Waals surface area contributed by atoms with E-state index in [9.17, 15) is 63.3 Å². The van der Waals surface area contributed by atoms with E-state index in [1.807, 2.05) is 0 Å². The molecule has 12 N–H and O–H groups in total. The number of carbonyl (C=O) groups excluding carboxylic acids is 9. The molecule has 1 saturated heterocycles. The van der Waals surface area contributed by atoms with Crippen LogP contribution in [0.4, 0.5) is 4.39 Å². The highest BCUT2D eigenvalue weighted by Crippen LogP contribution is 2.35. The van der Waals surface area contributed by atoms with E-state index in [0.717, 1.165) is 22.0 Å². The molecule has 0 aliphatic carbocycles. The third-order valence-corrected chi connectivity index (χ3v) is 16.2. The van der Waals surface area contributed by atoms with Gasteiger partial charge in [0.1, 0.15) is 55.6 Å². The Balaban J connectivity index is 1.03. The fraction of sp³-hybridized carbons (Fsp3) is 0.603. The summed E-state index contributed by atoms with van der Waals surface area (Å²) in [5, 5.41) is 50.6. The van der Waals surface area contributed by atoms with Crippen molar-refractivity contribution in [1.29, 1.82) is 0 Å². The number of pyridine rings is 2. The van der Waals surface area contributed by atoms with Crippen LogP contribution in [0.3, 0.4) is 0 Å². The summed E-state index contributed by atoms with van der Waals surface area (Å²) in [6.45, 7) is 13.6. The van der Waals surface area contributed by atoms with Crippen LogP contribution in [0.15, 0.2) is 23.0 Å². The van der Waals surface area contributed by atoms with Crippen molar-refractivity contribution in [2.45, 2.75) is 187 Å². The number of aliphatic hydroxyl groups is 3. The van der Waals surface area contributed by atoms with Gasteiger partial charge in [-0.1, -0.05) is 40.1 Å². The lowest BCUT2D eigenvalue weighted by molar-refractivity contribution is -0.167. The molecule has 26 nitrogen and oxygen atoms in total. The van der Waals surface area contributed by atoms with Gasteiger partial charge in [0, 0.05) is 44.4 Å². The Morgan fingerprint density at radius 2 is 1.59 bits per heavy atom. The number of benzene rings is 1. The van der Waals surface area contributed by atoms with Crippen LogP contribution in [-0.2, 0) is 76.9 Å². The first-order chi connectivity index (χ1) is 40.5. The first-order valence-corrected chi connectivity index (χ1v) is 29.2. The molecule has 3 aromatic rings. The minimum atomic E-state index is -1.68. The molecule has 3 aliphatic rings. The van der Waals surface area contributed by atoms with Crippen LogP contribution in [0.25, 0.3) is 22.3 Å². The maximum Gasteiger partial charge on any atom is 0.338 e. The number of esters is 1. The van der Waals surface area contributed by atoms with Gasteiger partial charge in [0.2, 0.25) is 47.3 Å². The van der Waals surface area contributed by atoms with Crippen LogP contribution >= 0.6 is 0 Å². The normalized spacial score (nSPS) is 18.9. The standard InChI is InChI=1S/C58H82BFN10O16/c1-10-42(72)62-20-19-44(74)66-35(15-18-43(73)63-23-39-50(76)49(75)38(86-39)22-41(61)71)52(78)69-47(28(4)5)53(79)65-30(7)51(77)64-27-84-26-57(8,9)55(81)68-40-17-14-32-29(6)34(60)21-36-45(32)46(59-40)33-24-70-37(48(33)67-36)16-13-31(54(70)80)25-85-56(82)58(83,11-2)12-3/h13,16,21,28,30,35,38-40,47,49-50,59,75-76,83H,10-12,14-15,17-20,22-27H2,1-9H3,(H2,61,71)(H,62,72)(H,63,73)(H,64,77)(H,65,79)(H,66,74)(H,68,81)(H,69,78)/t30-,35-,38-,39+,40-,47-,49-,50+/m0/s1. The van der Waals surface area contributed by atoms with Gasteiger partial charge in [-0.15, -0.1) is 0 Å². The van der Waals surface area contributed by atoms with Crippen LogP contribution in [0.5, 0.6) is 0 Å². The number of nitrogens with two attached hydrogens (primary N) is 1. The summed E-state index contributed by atoms with van der Waals surface area (Å²) >= 11 is 0. The second-order valence-corrected chi connectivity index (χ2v) is 23.3. The van der Waals surface area contributed by atoms with Crippen LogP contribution < -0.4 is 54.0 Å². The average Bonchev–Trinajstić information content (AvgIpc) is 1.54. The smallest absolute Gasteiger partial charge is 0.338 e. The lowest BCUT2D eigenvalue weighted by atomic mass is 9.60. The van der Waals surface area contributed by atoms with Gasteiger partial charge < -0.3 is 77.0 Å². The zero-order chi connectivity index (χ0) is 63.5. The number of hydrogen-bond acceptors (Lipinski definition) is 17. The lowest BCUT2D eigenvalue weighted by Crippen LogP contribution is -2.58. The predicted molar refractivity (Wildman–Crippen MR) is 311 cm³/mol. The molecule has 28 heteroatoms. The molecule has 8 amide bonds. The van der Waals surface area contributed by atoms with Gasteiger partial charge in [-0.05, 0) is 99.9 Å². The zero-order valence-electron chi connectivity index (χ0n) is 50.2. The quantitative estimate of drug-likeness (QED) is 0.0125. The molecule has 5 heterocycles. The summed E-state index contributed by atoms with van der Waals surface area (Å²) in [7, 11) is 0.321. The maximum atomic E-state index is 15.6. The lowest BCUT2D eigenvalue weighted by Gasteiger charge is -2.27. The number of aliphatic hydroxyl groups excluding tert-OH is 2. The fourth-order valence-electron chi connectivity index (χ4n) is 10.6. The number of halogens is 1. The van der Waals surface area contributed by atoms with Crippen molar-refractivity contribution in [3.8, 4) is 11.4 Å². The van der Waals surface area contributed by atoms with Gasteiger partial charge in [-0.25, -0.2) is 14.2 Å². The summed E-state index contributed by atoms with van der Waals surface area (Å²) in [5.41, 5.74) is 6.30. The highest BCUT2D eigenvalue weighted by atomic mass is 19.1. The third kappa shape index (κ3) is 16.4. The number of amides is 8. The van der Waals surface area contributed by atoms with Crippen molar-refractivity contribution in [2.75, 3.05) is 26.4 Å². The van der Waals surface area contributed by atoms with Gasteiger partial charge >= 0.3 is 5.97 Å². The number of aryl methyl sites for hydroxylation is 1. The molecule has 1 aromatic carbocycles. The first kappa shape index (κ1) is 67.7. The second kappa shape index (κ2) is 29.3. The van der Waals surface area contributed by atoms with E-state index in [1.54, 1.807) is 67.5 Å². The number of rotatable bonds is 29. The largest absolute Gasteiger partial charge is 0.458 e. The van der Waals surface area contributed by atoms with Crippen LogP contribution in [0, 0.1) is 24.1 Å². The van der Waals surface area contributed by atoms with Gasteiger partial charge in [0.25, 0.3) is 5.56 Å². The molecule has 0 unspecified atom stereocenters. The number of fused-ring (bicyclic) bond motifs is 4. The predicted octanol–water partition coefficient (Wildman–Crippen LogP) is -1.66. The van der Waals surface area contributed by atoms with E-state index in [4.69, 9.17) is 24.9 Å². The molecular formula is C58H82BFN10O16. The minimum Gasteiger partial charge on any atom is -0.458 e. The van der Waals surface area contributed by atoms with Crippen molar-refractivity contribution in [2.24, 2.45) is 17.1 Å². The topological polar surface area (TPSA) is 387 Å². The minimum absolute atomic E-state index is 0.0447. The Hall–Kier alpha value is -7.40. The Labute approximate surface area is 498 Å². The molecule has 6 rings (SSSR count). The van der Waals surface area contributed by atoms with Crippen LogP contribution in [0.1, 0.15) is 129 Å². The average molecular weight is 1210 g/mol. The van der Waals surface area contributed by atoms with E-state index in [2.05, 4.69) is 37.2 Å². The van der Waals surface area contributed by atoms with Gasteiger partial charge in [0.05, 0.1) is 53.6 Å². The van der Waals surface area contributed by atoms with E-state index in [1.165, 1.54) is 17.6 Å². The molecule has 1 fully saturated rings. The number of ether oxygens (including phenoxy) is 3. The van der Waals surface area contributed by atoms with E-state index in [-0.39, 0.29) is 102 Å². The molecule has 3 aliphatic heterocycles. The fourth-order valence-corrected chi connectivity index (χ4v) is 10.6. The summed E-state index contributed by atoms with van der Waals surface area (Å²) in [5.74, 6) is -7.28. The number of carbonyl (C=O) groups is 9. The van der Waals surface area contributed by atoms with Crippen LogP contribution in [-0.4, -0.2) is 166 Å². The Morgan fingerprint density at radius 3 is 2.26 bits per heavy atom. The van der Waals surface area contributed by atoms with Crippen molar-refractivity contribution in [3.05, 3.63) is 56.6 Å². The Kier molecular flexibility index (Phi) is 23.1. The van der Waals surface area contributed by atoms with Crippen molar-refractivity contribution < 1.29 is 77.1 Å². The van der Waals surface area contributed by atoms with E-state index < -0.39 is 118 Å². The molecule has 0 bridgehead atoms. The molecule has 0 radical (unpaired) electrons. The third-order valence-electron chi connectivity index (χ3n) is 16.2. The highest BCUT2D eigenvalue weighted by Gasteiger charge is 2.44. The Morgan fingerprint density at radius 1 is 0.895 bits per heavy atom. The number of aromatic nitrogens is 2. The molecular weight excluding hydrogens is 1120 g/mol. The van der Waals surface area contributed by atoms with Gasteiger partial charge in [-0.2, -0.15) is 0 Å². The Bertz CT molecular complexity index is 3140. The maximum absolute atomic E-state index is 15.6. The van der Waals surface area contributed by atoms with Gasteiger partial charge in [0.15, 0.2) is 12.9 Å². The van der Waals surface area contributed by atoms with Crippen molar-refractivity contribution in [3.63, 3.8) is 0 Å².